The van der Waals surface area contributed by atoms with Gasteiger partial charge in [-0.1, -0.05) is 0 Å². The minimum Gasteiger partial charge on any atom is -0.366 e. The van der Waals surface area contributed by atoms with Crippen molar-refractivity contribution in [2.75, 3.05) is 19.0 Å². The molecule has 0 bridgehead atoms. The monoisotopic (exact) mass is 359 g/mol. The van der Waals surface area contributed by atoms with Crippen LogP contribution < -0.4 is 10.2 Å². The van der Waals surface area contributed by atoms with Crippen molar-refractivity contribution in [2.45, 2.75) is 37.8 Å². The Morgan fingerprint density at radius 2 is 2.00 bits per heavy atom. The fourth-order valence-electron chi connectivity index (χ4n) is 2.90. The van der Waals surface area contributed by atoms with E-state index < -0.39 is 10.7 Å². The molecule has 1 aliphatic rings. The number of anilines is 1. The number of hydrogen-bond acceptors (Lipinski definition) is 4. The summed E-state index contributed by atoms with van der Waals surface area (Å²) < 4.78 is 13.9. The Morgan fingerprint density at radius 3 is 2.52 bits per heavy atom. The van der Waals surface area contributed by atoms with Crippen LogP contribution in [0.4, 0.5) is 15.8 Å². The minimum absolute atomic E-state index is 0.0680. The number of halogens is 2. The SMILES string of the molecule is CNC1CCC(N(C)c2cc(F)c(Br)cc2[N+](=O)[O-])CC1. The number of rotatable bonds is 4. The van der Waals surface area contributed by atoms with Crippen LogP contribution in [0.3, 0.4) is 0 Å². The normalized spacial score (nSPS) is 22.1. The summed E-state index contributed by atoms with van der Waals surface area (Å²) in [5, 5.41) is 14.5. The van der Waals surface area contributed by atoms with Gasteiger partial charge in [0.15, 0.2) is 0 Å². The summed E-state index contributed by atoms with van der Waals surface area (Å²) in [5.74, 6) is -0.480. The zero-order valence-electron chi connectivity index (χ0n) is 12.1. The molecule has 7 heteroatoms. The van der Waals surface area contributed by atoms with Gasteiger partial charge in [-0.3, -0.25) is 10.1 Å². The lowest BCUT2D eigenvalue weighted by molar-refractivity contribution is -0.384. The van der Waals surface area contributed by atoms with Crippen molar-refractivity contribution in [1.82, 2.24) is 5.32 Å². The van der Waals surface area contributed by atoms with E-state index in [9.17, 15) is 14.5 Å². The van der Waals surface area contributed by atoms with Gasteiger partial charge in [0.05, 0.1) is 9.40 Å². The van der Waals surface area contributed by atoms with Gasteiger partial charge in [-0.05, 0) is 48.7 Å². The van der Waals surface area contributed by atoms with Gasteiger partial charge >= 0.3 is 0 Å². The van der Waals surface area contributed by atoms with Crippen molar-refractivity contribution >= 4 is 27.3 Å². The molecule has 0 atom stereocenters. The van der Waals surface area contributed by atoms with Gasteiger partial charge < -0.3 is 10.2 Å². The molecule has 1 aromatic carbocycles. The van der Waals surface area contributed by atoms with E-state index in [1.165, 1.54) is 12.1 Å². The van der Waals surface area contributed by atoms with E-state index in [1.807, 2.05) is 11.9 Å². The van der Waals surface area contributed by atoms with Crippen molar-refractivity contribution in [3.05, 3.63) is 32.5 Å². The summed E-state index contributed by atoms with van der Waals surface area (Å²) in [6.45, 7) is 0. The molecule has 0 radical (unpaired) electrons. The van der Waals surface area contributed by atoms with Crippen LogP contribution in [0, 0.1) is 15.9 Å². The van der Waals surface area contributed by atoms with Crippen LogP contribution in [0.15, 0.2) is 16.6 Å². The summed E-state index contributed by atoms with van der Waals surface area (Å²) >= 11 is 3.00. The molecule has 0 unspecified atom stereocenters. The first-order chi connectivity index (χ1) is 9.93. The van der Waals surface area contributed by atoms with Crippen LogP contribution in [0.25, 0.3) is 0 Å². The Hall–Kier alpha value is -1.21. The van der Waals surface area contributed by atoms with Gasteiger partial charge in [0.1, 0.15) is 11.5 Å². The van der Waals surface area contributed by atoms with Crippen molar-refractivity contribution in [3.8, 4) is 0 Å². The first-order valence-corrected chi connectivity index (χ1v) is 7.77. The lowest BCUT2D eigenvalue weighted by atomic mass is 9.90. The van der Waals surface area contributed by atoms with Crippen LogP contribution in [0.2, 0.25) is 0 Å². The van der Waals surface area contributed by atoms with Gasteiger partial charge in [0.25, 0.3) is 5.69 Å². The van der Waals surface area contributed by atoms with Gasteiger partial charge in [0.2, 0.25) is 0 Å². The minimum atomic E-state index is -0.480. The average Bonchev–Trinajstić information content (AvgIpc) is 2.48. The summed E-state index contributed by atoms with van der Waals surface area (Å²) in [6, 6.07) is 3.19. The quantitative estimate of drug-likeness (QED) is 0.660. The second-order valence-electron chi connectivity index (χ2n) is 5.42. The topological polar surface area (TPSA) is 58.4 Å². The molecule has 116 valence electrons. The molecule has 21 heavy (non-hydrogen) atoms. The van der Waals surface area contributed by atoms with Crippen LogP contribution in [-0.4, -0.2) is 31.1 Å². The molecule has 0 heterocycles. The molecule has 2 rings (SSSR count). The van der Waals surface area contributed by atoms with Crippen LogP contribution in [-0.2, 0) is 0 Å². The Kier molecular flexibility index (Phi) is 5.16. The highest BCUT2D eigenvalue weighted by Crippen LogP contribution is 2.36. The molecule has 0 saturated heterocycles. The number of hydrogen-bond donors (Lipinski definition) is 1. The lowest BCUT2D eigenvalue weighted by Gasteiger charge is -2.35. The summed E-state index contributed by atoms with van der Waals surface area (Å²) in [4.78, 5) is 12.6. The largest absolute Gasteiger partial charge is 0.366 e. The highest BCUT2D eigenvalue weighted by molar-refractivity contribution is 9.10. The van der Waals surface area contributed by atoms with Crippen molar-refractivity contribution in [1.29, 1.82) is 0 Å². The zero-order chi connectivity index (χ0) is 15.6. The Labute approximate surface area is 131 Å². The molecular weight excluding hydrogens is 341 g/mol. The first kappa shape index (κ1) is 16.2. The molecule has 5 nitrogen and oxygen atoms in total. The average molecular weight is 360 g/mol. The molecule has 1 aromatic rings. The first-order valence-electron chi connectivity index (χ1n) is 6.97. The molecule has 1 aliphatic carbocycles. The number of nitrogens with one attached hydrogen (secondary N) is 1. The standard InChI is InChI=1S/C14H19BrFN3O2/c1-17-9-3-5-10(6-4-9)18(2)13-8-12(16)11(15)7-14(13)19(20)21/h7-10,17H,3-6H2,1-2H3. The summed E-state index contributed by atoms with van der Waals surface area (Å²) in [6.07, 6.45) is 3.93. The number of benzene rings is 1. The van der Waals surface area contributed by atoms with E-state index >= 15 is 0 Å². The molecule has 1 saturated carbocycles. The van der Waals surface area contributed by atoms with Gasteiger partial charge in [0, 0.05) is 31.3 Å². The molecule has 1 N–H and O–H groups in total. The molecule has 0 amide bonds. The van der Waals surface area contributed by atoms with E-state index in [0.29, 0.717) is 11.7 Å². The van der Waals surface area contributed by atoms with Gasteiger partial charge in [-0.2, -0.15) is 0 Å². The predicted molar refractivity (Wildman–Crippen MR) is 84.3 cm³/mol. The van der Waals surface area contributed by atoms with E-state index in [2.05, 4.69) is 21.2 Å². The molecule has 0 aliphatic heterocycles. The maximum Gasteiger partial charge on any atom is 0.293 e. The Morgan fingerprint density at radius 1 is 1.38 bits per heavy atom. The zero-order valence-corrected chi connectivity index (χ0v) is 13.7. The third-order valence-electron chi connectivity index (χ3n) is 4.25. The molecule has 0 spiro atoms. The fraction of sp³-hybridized carbons (Fsp3) is 0.571. The Bertz CT molecular complexity index is 533. The maximum absolute atomic E-state index is 13.8. The van der Waals surface area contributed by atoms with Crippen LogP contribution >= 0.6 is 15.9 Å². The third kappa shape index (κ3) is 3.52. The Balaban J connectivity index is 2.24. The van der Waals surface area contributed by atoms with Crippen molar-refractivity contribution in [2.24, 2.45) is 0 Å². The summed E-state index contributed by atoms with van der Waals surface area (Å²) in [5.41, 5.74) is 0.273. The molecular formula is C14H19BrFN3O2. The number of nitro benzene ring substituents is 1. The van der Waals surface area contributed by atoms with E-state index in [4.69, 9.17) is 0 Å². The van der Waals surface area contributed by atoms with Gasteiger partial charge in [-0.25, -0.2) is 4.39 Å². The van der Waals surface area contributed by atoms with Gasteiger partial charge in [-0.15, -0.1) is 0 Å². The highest BCUT2D eigenvalue weighted by atomic mass is 79.9. The highest BCUT2D eigenvalue weighted by Gasteiger charge is 2.28. The molecule has 0 aromatic heterocycles. The van der Waals surface area contributed by atoms with Crippen molar-refractivity contribution < 1.29 is 9.31 Å². The van der Waals surface area contributed by atoms with E-state index in [0.717, 1.165) is 25.7 Å². The van der Waals surface area contributed by atoms with E-state index in [1.54, 1.807) is 7.05 Å². The number of nitrogens with zero attached hydrogens (tertiary/aromatic N) is 2. The smallest absolute Gasteiger partial charge is 0.293 e. The third-order valence-corrected chi connectivity index (χ3v) is 4.85. The second kappa shape index (κ2) is 6.70. The molecule has 1 fully saturated rings. The predicted octanol–water partition coefficient (Wildman–Crippen LogP) is 3.46. The fourth-order valence-corrected chi connectivity index (χ4v) is 3.23. The van der Waals surface area contributed by atoms with Crippen molar-refractivity contribution in [3.63, 3.8) is 0 Å². The maximum atomic E-state index is 13.8. The lowest BCUT2D eigenvalue weighted by Crippen LogP contribution is -2.40. The van der Waals surface area contributed by atoms with E-state index in [-0.39, 0.29) is 16.2 Å². The van der Waals surface area contributed by atoms with Crippen LogP contribution in [0.5, 0.6) is 0 Å². The second-order valence-corrected chi connectivity index (χ2v) is 6.27. The summed E-state index contributed by atoms with van der Waals surface area (Å²) in [7, 11) is 3.75. The number of nitro groups is 1. The van der Waals surface area contributed by atoms with Crippen LogP contribution in [0.1, 0.15) is 25.7 Å².